The van der Waals surface area contributed by atoms with Gasteiger partial charge in [-0.3, -0.25) is 14.4 Å². The number of benzene rings is 1. The Bertz CT molecular complexity index is 758. The summed E-state index contributed by atoms with van der Waals surface area (Å²) in [6.45, 7) is 1.11. The van der Waals surface area contributed by atoms with Crippen LogP contribution in [0.1, 0.15) is 31.7 Å². The van der Waals surface area contributed by atoms with Crippen molar-refractivity contribution in [2.24, 2.45) is 11.5 Å². The topological polar surface area (TPSA) is 197 Å². The fourth-order valence-electron chi connectivity index (χ4n) is 2.85. The van der Waals surface area contributed by atoms with Gasteiger partial charge >= 0.3 is 5.97 Å². The molecule has 0 spiro atoms. The summed E-state index contributed by atoms with van der Waals surface area (Å²) in [5.74, 6) is -3.33. The van der Waals surface area contributed by atoms with E-state index in [2.05, 4.69) is 16.0 Å². The van der Waals surface area contributed by atoms with Crippen LogP contribution < -0.4 is 27.4 Å². The largest absolute Gasteiger partial charge is 0.480 e. The lowest BCUT2D eigenvalue weighted by Crippen LogP contribution is -2.58. The van der Waals surface area contributed by atoms with Crippen molar-refractivity contribution < 1.29 is 29.4 Å². The highest BCUT2D eigenvalue weighted by Gasteiger charge is 2.29. The summed E-state index contributed by atoms with van der Waals surface area (Å²) < 4.78 is 0. The van der Waals surface area contributed by atoms with E-state index in [1.807, 2.05) is 0 Å². The summed E-state index contributed by atoms with van der Waals surface area (Å²) >= 11 is 0. The Balaban J connectivity index is 2.90. The van der Waals surface area contributed by atoms with Crippen LogP contribution in [0, 0.1) is 0 Å². The zero-order chi connectivity index (χ0) is 24.1. The molecule has 0 aliphatic carbocycles. The lowest BCUT2D eigenvalue weighted by atomic mass is 10.0. The second kappa shape index (κ2) is 14.1. The number of aliphatic hydroxyl groups excluding tert-OH is 1. The van der Waals surface area contributed by atoms with Crippen LogP contribution in [0.2, 0.25) is 0 Å². The van der Waals surface area contributed by atoms with Crippen molar-refractivity contribution >= 4 is 23.7 Å². The smallest absolute Gasteiger partial charge is 0.326 e. The van der Waals surface area contributed by atoms with Gasteiger partial charge in [-0.25, -0.2) is 4.79 Å². The first-order chi connectivity index (χ1) is 15.2. The van der Waals surface area contributed by atoms with Gasteiger partial charge in [0.05, 0.1) is 12.6 Å². The minimum absolute atomic E-state index is 0.0646. The third kappa shape index (κ3) is 9.41. The Morgan fingerprint density at radius 3 is 2.00 bits per heavy atom. The summed E-state index contributed by atoms with van der Waals surface area (Å²) in [5.41, 5.74) is 11.7. The van der Waals surface area contributed by atoms with Gasteiger partial charge in [0.2, 0.25) is 17.7 Å². The van der Waals surface area contributed by atoms with Gasteiger partial charge in [-0.1, -0.05) is 30.3 Å². The van der Waals surface area contributed by atoms with Crippen molar-refractivity contribution in [3.05, 3.63) is 35.9 Å². The van der Waals surface area contributed by atoms with Crippen LogP contribution >= 0.6 is 0 Å². The number of nitrogens with one attached hydrogen (secondary N) is 3. The molecule has 1 aromatic rings. The number of rotatable bonds is 14. The fraction of sp³-hybridized carbons (Fsp3) is 0.524. The Labute approximate surface area is 186 Å². The molecule has 3 amide bonds. The van der Waals surface area contributed by atoms with Crippen molar-refractivity contribution in [1.82, 2.24) is 16.0 Å². The maximum Gasteiger partial charge on any atom is 0.326 e. The number of amides is 3. The van der Waals surface area contributed by atoms with Crippen molar-refractivity contribution in [3.8, 4) is 0 Å². The Morgan fingerprint density at radius 1 is 0.906 bits per heavy atom. The van der Waals surface area contributed by atoms with Crippen molar-refractivity contribution in [1.29, 1.82) is 0 Å². The average molecular weight is 452 g/mol. The predicted octanol–water partition coefficient (Wildman–Crippen LogP) is -1.76. The van der Waals surface area contributed by atoms with Gasteiger partial charge in [-0.2, -0.15) is 0 Å². The standard InChI is InChI=1S/C21H33N5O6/c1-13(23)18(28)26-17(12-27)20(30)24-15(9-5-6-10-22)19(29)25-16(21(31)32)11-14-7-3-2-4-8-14/h2-4,7-8,13,15-17,27H,5-6,9-12,22-23H2,1H3,(H,24,30)(H,25,29)(H,26,28)(H,31,32). The minimum Gasteiger partial charge on any atom is -0.480 e. The number of hydrogen-bond acceptors (Lipinski definition) is 7. The SMILES string of the molecule is CC(N)C(=O)NC(CO)C(=O)NC(CCCCN)C(=O)NC(Cc1ccccc1)C(=O)O. The van der Waals surface area contributed by atoms with Gasteiger partial charge < -0.3 is 37.6 Å². The molecular weight excluding hydrogens is 418 g/mol. The fourth-order valence-corrected chi connectivity index (χ4v) is 2.85. The van der Waals surface area contributed by atoms with E-state index in [0.29, 0.717) is 19.4 Å². The maximum atomic E-state index is 12.8. The van der Waals surface area contributed by atoms with E-state index in [1.165, 1.54) is 6.92 Å². The Hall–Kier alpha value is -3.02. The molecule has 0 fully saturated rings. The highest BCUT2D eigenvalue weighted by molar-refractivity contribution is 5.94. The summed E-state index contributed by atoms with van der Waals surface area (Å²) in [5, 5.41) is 26.2. The third-order valence-corrected chi connectivity index (χ3v) is 4.71. The van der Waals surface area contributed by atoms with Crippen LogP contribution in [0.3, 0.4) is 0 Å². The van der Waals surface area contributed by atoms with Crippen molar-refractivity contribution in [2.75, 3.05) is 13.2 Å². The second-order valence-electron chi connectivity index (χ2n) is 7.47. The normalized spacial score (nSPS) is 14.5. The molecule has 0 saturated carbocycles. The van der Waals surface area contributed by atoms with Crippen LogP contribution in [0.4, 0.5) is 0 Å². The highest BCUT2D eigenvalue weighted by Crippen LogP contribution is 2.06. The summed E-state index contributed by atoms with van der Waals surface area (Å²) in [7, 11) is 0. The number of aliphatic carboxylic acids is 1. The molecule has 0 saturated heterocycles. The number of carboxylic acid groups (broad SMARTS) is 1. The molecule has 4 atom stereocenters. The van der Waals surface area contributed by atoms with E-state index < -0.39 is 54.5 Å². The monoisotopic (exact) mass is 451 g/mol. The molecule has 0 bridgehead atoms. The summed E-state index contributed by atoms with van der Waals surface area (Å²) in [4.78, 5) is 48.8. The number of hydrogen-bond donors (Lipinski definition) is 7. The van der Waals surface area contributed by atoms with Crippen LogP contribution in [0.25, 0.3) is 0 Å². The molecule has 32 heavy (non-hydrogen) atoms. The van der Waals surface area contributed by atoms with Crippen LogP contribution in [0.15, 0.2) is 30.3 Å². The molecular formula is C21H33N5O6. The van der Waals surface area contributed by atoms with Crippen LogP contribution in [-0.4, -0.2) is 71.2 Å². The van der Waals surface area contributed by atoms with E-state index >= 15 is 0 Å². The zero-order valence-corrected chi connectivity index (χ0v) is 18.1. The highest BCUT2D eigenvalue weighted by atomic mass is 16.4. The molecule has 11 nitrogen and oxygen atoms in total. The number of carbonyl (C=O) groups is 4. The molecule has 0 radical (unpaired) electrons. The quantitative estimate of drug-likeness (QED) is 0.161. The predicted molar refractivity (Wildman–Crippen MR) is 117 cm³/mol. The summed E-state index contributed by atoms with van der Waals surface area (Å²) in [6, 6.07) is 4.33. The van der Waals surface area contributed by atoms with Crippen LogP contribution in [0.5, 0.6) is 0 Å². The lowest BCUT2D eigenvalue weighted by molar-refractivity contribution is -0.142. The van der Waals surface area contributed by atoms with Gasteiger partial charge in [0.25, 0.3) is 0 Å². The maximum absolute atomic E-state index is 12.8. The molecule has 1 rings (SSSR count). The molecule has 11 heteroatoms. The average Bonchev–Trinajstić information content (AvgIpc) is 2.76. The molecule has 1 aromatic carbocycles. The first-order valence-electron chi connectivity index (χ1n) is 10.4. The molecule has 0 aliphatic heterocycles. The molecule has 0 aromatic heterocycles. The second-order valence-corrected chi connectivity index (χ2v) is 7.47. The Morgan fingerprint density at radius 2 is 1.47 bits per heavy atom. The number of aliphatic hydroxyl groups is 1. The van der Waals surface area contributed by atoms with Crippen molar-refractivity contribution in [3.63, 3.8) is 0 Å². The van der Waals surface area contributed by atoms with Gasteiger partial charge in [0, 0.05) is 6.42 Å². The number of unbranched alkanes of at least 4 members (excludes halogenated alkanes) is 1. The lowest BCUT2D eigenvalue weighted by Gasteiger charge is -2.24. The van der Waals surface area contributed by atoms with Gasteiger partial charge in [-0.15, -0.1) is 0 Å². The summed E-state index contributed by atoms with van der Waals surface area (Å²) in [6.07, 6.45) is 1.36. The first kappa shape index (κ1) is 27.0. The number of carbonyl (C=O) groups excluding carboxylic acids is 3. The van der Waals surface area contributed by atoms with E-state index in [9.17, 15) is 29.4 Å². The van der Waals surface area contributed by atoms with Crippen LogP contribution in [-0.2, 0) is 25.6 Å². The van der Waals surface area contributed by atoms with E-state index in [4.69, 9.17) is 11.5 Å². The molecule has 9 N–H and O–H groups in total. The number of carboxylic acids is 1. The number of nitrogens with two attached hydrogens (primary N) is 2. The van der Waals surface area contributed by atoms with E-state index in [0.717, 1.165) is 5.56 Å². The first-order valence-corrected chi connectivity index (χ1v) is 10.4. The zero-order valence-electron chi connectivity index (χ0n) is 18.1. The van der Waals surface area contributed by atoms with E-state index in [1.54, 1.807) is 30.3 Å². The van der Waals surface area contributed by atoms with Gasteiger partial charge in [0.15, 0.2) is 0 Å². The van der Waals surface area contributed by atoms with Gasteiger partial charge in [-0.05, 0) is 38.3 Å². The molecule has 0 aliphatic rings. The Kier molecular flexibility index (Phi) is 11.9. The third-order valence-electron chi connectivity index (χ3n) is 4.71. The van der Waals surface area contributed by atoms with Crippen molar-refractivity contribution in [2.45, 2.75) is 56.8 Å². The molecule has 0 heterocycles. The van der Waals surface area contributed by atoms with Gasteiger partial charge in [0.1, 0.15) is 18.1 Å². The molecule has 4 unspecified atom stereocenters. The molecule has 178 valence electrons. The minimum atomic E-state index is -1.31. The van der Waals surface area contributed by atoms with E-state index in [-0.39, 0.29) is 12.8 Å².